The summed E-state index contributed by atoms with van der Waals surface area (Å²) in [6.45, 7) is 8.95. The van der Waals surface area contributed by atoms with Gasteiger partial charge < -0.3 is 0 Å². The topological polar surface area (TPSA) is 25.8 Å². The minimum absolute atomic E-state index is 0. The van der Waals surface area contributed by atoms with Crippen molar-refractivity contribution < 1.29 is 0 Å². The molecule has 0 aliphatic carbocycles. The van der Waals surface area contributed by atoms with Crippen molar-refractivity contribution in [3.05, 3.63) is 23.8 Å². The summed E-state index contributed by atoms with van der Waals surface area (Å²) in [5.41, 5.74) is 1.10. The molecule has 0 N–H and O–H groups in total. The fourth-order valence-electron chi connectivity index (χ4n) is 2.43. The van der Waals surface area contributed by atoms with Crippen molar-refractivity contribution in [2.45, 2.75) is 65.7 Å². The predicted molar refractivity (Wildman–Crippen MR) is 98.4 cm³/mol. The largest absolute Gasteiger partial charge is 0.241 e. The van der Waals surface area contributed by atoms with Crippen molar-refractivity contribution in [1.29, 1.82) is 0 Å². The SMILES string of the molecule is CCCCP(CCCC)CC(CC)c1nccc(C)n1.Cl. The molecule has 0 aliphatic rings. The van der Waals surface area contributed by atoms with Gasteiger partial charge in [0.05, 0.1) is 0 Å². The van der Waals surface area contributed by atoms with E-state index in [0.717, 1.165) is 11.5 Å². The van der Waals surface area contributed by atoms with E-state index >= 15 is 0 Å². The Morgan fingerprint density at radius 3 is 2.19 bits per heavy atom. The lowest BCUT2D eigenvalue weighted by atomic mass is 10.1. The van der Waals surface area contributed by atoms with Gasteiger partial charge in [-0.05, 0) is 50.7 Å². The summed E-state index contributed by atoms with van der Waals surface area (Å²) < 4.78 is 0. The van der Waals surface area contributed by atoms with Gasteiger partial charge in [0.25, 0.3) is 0 Å². The van der Waals surface area contributed by atoms with E-state index in [9.17, 15) is 0 Å². The van der Waals surface area contributed by atoms with Crippen LogP contribution in [0.5, 0.6) is 0 Å². The van der Waals surface area contributed by atoms with Crippen molar-refractivity contribution in [2.24, 2.45) is 0 Å². The van der Waals surface area contributed by atoms with Gasteiger partial charge in [0.1, 0.15) is 5.82 Å². The molecule has 1 unspecified atom stereocenters. The minimum atomic E-state index is 0. The van der Waals surface area contributed by atoms with Crippen molar-refractivity contribution in [3.8, 4) is 0 Å². The van der Waals surface area contributed by atoms with E-state index in [2.05, 4.69) is 37.7 Å². The van der Waals surface area contributed by atoms with Gasteiger partial charge in [-0.1, -0.05) is 33.6 Å². The smallest absolute Gasteiger partial charge is 0.131 e. The first-order valence-electron chi connectivity index (χ1n) is 8.23. The van der Waals surface area contributed by atoms with Crippen LogP contribution in [0.3, 0.4) is 0 Å². The van der Waals surface area contributed by atoms with Gasteiger partial charge in [0.15, 0.2) is 0 Å². The van der Waals surface area contributed by atoms with Crippen LogP contribution in [0.15, 0.2) is 12.3 Å². The summed E-state index contributed by atoms with van der Waals surface area (Å²) >= 11 is 0. The van der Waals surface area contributed by atoms with Gasteiger partial charge in [-0.2, -0.15) is 0 Å². The average Bonchev–Trinajstić information content (AvgIpc) is 2.46. The predicted octanol–water partition coefficient (Wildman–Crippen LogP) is 5.78. The first-order valence-corrected chi connectivity index (χ1v) is 10.1. The molecule has 0 aliphatic heterocycles. The molecule has 1 rings (SSSR count). The lowest BCUT2D eigenvalue weighted by Crippen LogP contribution is -2.10. The Morgan fingerprint density at radius 1 is 1.10 bits per heavy atom. The molecule has 0 aromatic carbocycles. The molecular weight excluding hydrogens is 299 g/mol. The third-order valence-corrected chi connectivity index (χ3v) is 6.66. The van der Waals surface area contributed by atoms with Gasteiger partial charge >= 0.3 is 0 Å². The van der Waals surface area contributed by atoms with Gasteiger partial charge in [0, 0.05) is 17.8 Å². The van der Waals surface area contributed by atoms with Crippen molar-refractivity contribution >= 4 is 20.3 Å². The summed E-state index contributed by atoms with van der Waals surface area (Å²) in [5.74, 6) is 1.64. The van der Waals surface area contributed by atoms with Gasteiger partial charge in [0.2, 0.25) is 0 Å². The Hall–Kier alpha value is -0.200. The number of rotatable bonds is 10. The molecule has 1 aromatic rings. The lowest BCUT2D eigenvalue weighted by Gasteiger charge is -2.22. The summed E-state index contributed by atoms with van der Waals surface area (Å²) in [7, 11) is 0.169. The van der Waals surface area contributed by atoms with E-state index in [1.807, 2.05) is 12.3 Å². The molecule has 0 fully saturated rings. The molecule has 0 radical (unpaired) electrons. The van der Waals surface area contributed by atoms with Gasteiger partial charge in [-0.15, -0.1) is 20.3 Å². The standard InChI is InChI=1S/C17H31N2P.ClH/c1-5-8-12-20(13-9-6-2)14-16(7-3)17-18-11-10-15(4)19-17;/h10-11,16H,5-9,12-14H2,1-4H3;1H. The van der Waals surface area contributed by atoms with Crippen LogP contribution in [0, 0.1) is 6.92 Å². The van der Waals surface area contributed by atoms with Crippen LogP contribution in [0.2, 0.25) is 0 Å². The third kappa shape index (κ3) is 8.12. The highest BCUT2D eigenvalue weighted by Gasteiger charge is 2.18. The molecule has 0 saturated carbocycles. The Morgan fingerprint density at radius 2 is 1.71 bits per heavy atom. The Labute approximate surface area is 138 Å². The summed E-state index contributed by atoms with van der Waals surface area (Å²) in [4.78, 5) is 9.18. The highest BCUT2D eigenvalue weighted by molar-refractivity contribution is 7.57. The van der Waals surface area contributed by atoms with Crippen LogP contribution in [-0.2, 0) is 0 Å². The second kappa shape index (κ2) is 12.4. The number of nitrogens with zero attached hydrogens (tertiary/aromatic N) is 2. The second-order valence-electron chi connectivity index (χ2n) is 5.67. The Bertz CT molecular complexity index is 366. The molecule has 0 amide bonds. The molecule has 1 heterocycles. The van der Waals surface area contributed by atoms with E-state index in [0.29, 0.717) is 5.92 Å². The molecule has 0 saturated heterocycles. The van der Waals surface area contributed by atoms with E-state index in [-0.39, 0.29) is 20.3 Å². The molecule has 122 valence electrons. The van der Waals surface area contributed by atoms with Crippen LogP contribution < -0.4 is 0 Å². The Kier molecular flexibility index (Phi) is 12.2. The zero-order valence-electron chi connectivity index (χ0n) is 14.1. The zero-order valence-corrected chi connectivity index (χ0v) is 15.8. The van der Waals surface area contributed by atoms with Gasteiger partial charge in [-0.3, -0.25) is 0 Å². The Balaban J connectivity index is 0.00000400. The summed E-state index contributed by atoms with van der Waals surface area (Å²) in [6, 6.07) is 1.99. The van der Waals surface area contributed by atoms with E-state index in [4.69, 9.17) is 0 Å². The fraction of sp³-hybridized carbons (Fsp3) is 0.765. The summed E-state index contributed by atoms with van der Waals surface area (Å²) in [6.07, 6.45) is 12.7. The number of hydrogen-bond donors (Lipinski definition) is 0. The minimum Gasteiger partial charge on any atom is -0.241 e. The monoisotopic (exact) mass is 330 g/mol. The van der Waals surface area contributed by atoms with Crippen LogP contribution in [0.1, 0.15) is 70.3 Å². The molecule has 1 atom stereocenters. The second-order valence-corrected chi connectivity index (χ2v) is 8.27. The maximum absolute atomic E-state index is 4.66. The number of aromatic nitrogens is 2. The van der Waals surface area contributed by atoms with E-state index < -0.39 is 0 Å². The zero-order chi connectivity index (χ0) is 14.8. The quantitative estimate of drug-likeness (QED) is 0.508. The maximum atomic E-state index is 4.66. The fourth-order valence-corrected chi connectivity index (χ4v) is 5.59. The molecule has 0 spiro atoms. The molecule has 21 heavy (non-hydrogen) atoms. The maximum Gasteiger partial charge on any atom is 0.131 e. The lowest BCUT2D eigenvalue weighted by molar-refractivity contribution is 0.677. The van der Waals surface area contributed by atoms with Crippen LogP contribution in [0.25, 0.3) is 0 Å². The number of aryl methyl sites for hydroxylation is 1. The van der Waals surface area contributed by atoms with Gasteiger partial charge in [-0.25, -0.2) is 9.97 Å². The third-order valence-electron chi connectivity index (χ3n) is 3.81. The van der Waals surface area contributed by atoms with Crippen molar-refractivity contribution in [3.63, 3.8) is 0 Å². The molecule has 2 nitrogen and oxygen atoms in total. The highest BCUT2D eigenvalue weighted by atomic mass is 35.5. The summed E-state index contributed by atoms with van der Waals surface area (Å²) in [5, 5.41) is 0. The highest BCUT2D eigenvalue weighted by Crippen LogP contribution is 2.42. The first kappa shape index (κ1) is 20.8. The van der Waals surface area contributed by atoms with Crippen molar-refractivity contribution in [2.75, 3.05) is 18.5 Å². The number of halogens is 1. The average molecular weight is 331 g/mol. The van der Waals surface area contributed by atoms with Crippen LogP contribution in [0.4, 0.5) is 0 Å². The van der Waals surface area contributed by atoms with Crippen LogP contribution >= 0.6 is 20.3 Å². The van der Waals surface area contributed by atoms with Crippen molar-refractivity contribution in [1.82, 2.24) is 9.97 Å². The molecule has 4 heteroatoms. The van der Waals surface area contributed by atoms with Crippen LogP contribution in [-0.4, -0.2) is 28.5 Å². The first-order chi connectivity index (χ1) is 9.71. The molecule has 0 bridgehead atoms. The van der Waals surface area contributed by atoms with E-state index in [1.54, 1.807) is 0 Å². The molecule has 1 aromatic heterocycles. The normalized spacial score (nSPS) is 12.2. The number of unbranched alkanes of at least 4 members (excludes halogenated alkanes) is 2. The molecular formula is C17H32ClN2P. The number of hydrogen-bond acceptors (Lipinski definition) is 2. The van der Waals surface area contributed by atoms with E-state index in [1.165, 1.54) is 50.6 Å².